The predicted octanol–water partition coefficient (Wildman–Crippen LogP) is 3.57. The van der Waals surface area contributed by atoms with E-state index >= 15 is 0 Å². The molecule has 0 saturated heterocycles. The van der Waals surface area contributed by atoms with Crippen molar-refractivity contribution < 1.29 is 19.0 Å². The molecule has 0 amide bonds. The van der Waals surface area contributed by atoms with Crippen molar-refractivity contribution in [2.45, 2.75) is 24.8 Å². The third-order valence-electron chi connectivity index (χ3n) is 2.51. The number of carbonyl (C=O) groups excluding carboxylic acids is 1. The van der Waals surface area contributed by atoms with Crippen LogP contribution in [0.2, 0.25) is 0 Å². The van der Waals surface area contributed by atoms with Gasteiger partial charge in [-0.15, -0.1) is 0 Å². The van der Waals surface area contributed by atoms with Crippen molar-refractivity contribution in [3.8, 4) is 11.5 Å². The van der Waals surface area contributed by atoms with Crippen molar-refractivity contribution in [3.63, 3.8) is 0 Å². The first kappa shape index (κ1) is 13.7. The van der Waals surface area contributed by atoms with Crippen molar-refractivity contribution in [3.05, 3.63) is 22.2 Å². The largest absolute Gasteiger partial charge is 0.456 e. The zero-order chi connectivity index (χ0) is 13.3. The molecule has 0 N–H and O–H groups in total. The number of halogens is 2. The van der Waals surface area contributed by atoms with Gasteiger partial charge in [0.25, 0.3) is 0 Å². The first-order valence-electron chi connectivity index (χ1n) is 5.39. The normalized spacial score (nSPS) is 16.2. The van der Waals surface area contributed by atoms with Crippen LogP contribution in [0.4, 0.5) is 0 Å². The molecule has 2 rings (SSSR count). The molecule has 0 aromatic heterocycles. The Morgan fingerprint density at radius 1 is 1.39 bits per heavy atom. The highest BCUT2D eigenvalue weighted by Crippen LogP contribution is 2.41. The van der Waals surface area contributed by atoms with E-state index in [0.29, 0.717) is 11.5 Å². The molecule has 18 heavy (non-hydrogen) atoms. The lowest BCUT2D eigenvalue weighted by atomic mass is 10.1. The Balaban J connectivity index is 2.38. The van der Waals surface area contributed by atoms with E-state index in [2.05, 4.69) is 31.9 Å². The van der Waals surface area contributed by atoms with Crippen LogP contribution in [0.1, 0.15) is 25.5 Å². The van der Waals surface area contributed by atoms with Crippen LogP contribution in [0, 0.1) is 0 Å². The van der Waals surface area contributed by atoms with Crippen molar-refractivity contribution in [2.75, 3.05) is 6.79 Å². The summed E-state index contributed by atoms with van der Waals surface area (Å²) >= 11 is 6.91. The van der Waals surface area contributed by atoms with Gasteiger partial charge in [-0.3, -0.25) is 4.79 Å². The SMILES string of the molecule is CC(=O)O[C@H](c1cc2c(cc1Br)OCO2)[C@@H](C)Br. The van der Waals surface area contributed by atoms with Crippen LogP contribution in [0.3, 0.4) is 0 Å². The number of benzene rings is 1. The van der Waals surface area contributed by atoms with Crippen molar-refractivity contribution >= 4 is 37.8 Å². The maximum Gasteiger partial charge on any atom is 0.303 e. The number of carbonyl (C=O) groups is 1. The first-order valence-corrected chi connectivity index (χ1v) is 7.10. The third-order valence-corrected chi connectivity index (χ3v) is 3.68. The Hall–Kier alpha value is -0.750. The Kier molecular flexibility index (Phi) is 4.17. The fraction of sp³-hybridized carbons (Fsp3) is 0.417. The first-order chi connectivity index (χ1) is 8.49. The average Bonchev–Trinajstić information content (AvgIpc) is 2.71. The molecule has 1 heterocycles. The van der Waals surface area contributed by atoms with Gasteiger partial charge in [-0.25, -0.2) is 0 Å². The van der Waals surface area contributed by atoms with Gasteiger partial charge >= 0.3 is 5.97 Å². The van der Waals surface area contributed by atoms with Gasteiger partial charge in [0.2, 0.25) is 6.79 Å². The number of alkyl halides is 1. The smallest absolute Gasteiger partial charge is 0.303 e. The summed E-state index contributed by atoms with van der Waals surface area (Å²) in [6.45, 7) is 3.53. The topological polar surface area (TPSA) is 44.8 Å². The third kappa shape index (κ3) is 2.80. The molecule has 0 bridgehead atoms. The Labute approximate surface area is 122 Å². The highest BCUT2D eigenvalue weighted by molar-refractivity contribution is 9.10. The quantitative estimate of drug-likeness (QED) is 0.594. The van der Waals surface area contributed by atoms with E-state index in [1.165, 1.54) is 6.92 Å². The molecule has 1 aromatic rings. The second-order valence-corrected chi connectivity index (χ2v) is 6.23. The average molecular weight is 380 g/mol. The molecule has 0 radical (unpaired) electrons. The van der Waals surface area contributed by atoms with Crippen molar-refractivity contribution in [1.82, 2.24) is 0 Å². The van der Waals surface area contributed by atoms with E-state index in [1.54, 1.807) is 0 Å². The summed E-state index contributed by atoms with van der Waals surface area (Å²) in [4.78, 5) is 11.1. The monoisotopic (exact) mass is 378 g/mol. The standard InChI is InChI=1S/C12H12Br2O4/c1-6(13)12(18-7(2)15)8-3-10-11(4-9(8)14)17-5-16-10/h3-4,6,12H,5H2,1-2H3/t6-,12+/m1/s1. The predicted molar refractivity (Wildman–Crippen MR) is 73.2 cm³/mol. The minimum absolute atomic E-state index is 0.0157. The summed E-state index contributed by atoms with van der Waals surface area (Å²) in [6, 6.07) is 3.65. The number of rotatable bonds is 3. The van der Waals surface area contributed by atoms with Crippen LogP contribution in [0.5, 0.6) is 11.5 Å². The van der Waals surface area contributed by atoms with Crippen LogP contribution in [0.25, 0.3) is 0 Å². The molecule has 1 aliphatic heterocycles. The van der Waals surface area contributed by atoms with Gasteiger partial charge in [0.05, 0.1) is 4.83 Å². The van der Waals surface area contributed by atoms with Crippen LogP contribution in [-0.2, 0) is 9.53 Å². The van der Waals surface area contributed by atoms with Gasteiger partial charge in [-0.05, 0) is 19.1 Å². The maximum absolute atomic E-state index is 11.2. The summed E-state index contributed by atoms with van der Waals surface area (Å²) in [5, 5.41) is 0. The van der Waals surface area contributed by atoms with E-state index in [-0.39, 0.29) is 23.7 Å². The molecule has 2 atom stereocenters. The molecule has 6 heteroatoms. The fourth-order valence-electron chi connectivity index (χ4n) is 1.73. The second-order valence-electron chi connectivity index (χ2n) is 3.93. The van der Waals surface area contributed by atoms with E-state index in [0.717, 1.165) is 10.0 Å². The van der Waals surface area contributed by atoms with Crippen molar-refractivity contribution in [2.24, 2.45) is 0 Å². The summed E-state index contributed by atoms with van der Waals surface area (Å²) < 4.78 is 16.8. The Morgan fingerprint density at radius 2 is 2.00 bits per heavy atom. The van der Waals surface area contributed by atoms with E-state index < -0.39 is 0 Å². The molecule has 1 aromatic carbocycles. The van der Waals surface area contributed by atoms with Gasteiger partial charge in [0, 0.05) is 17.0 Å². The molecule has 0 unspecified atom stereocenters. The van der Waals surface area contributed by atoms with Crippen LogP contribution in [-0.4, -0.2) is 17.6 Å². The van der Waals surface area contributed by atoms with Gasteiger partial charge in [-0.1, -0.05) is 31.9 Å². The van der Waals surface area contributed by atoms with Gasteiger partial charge in [0.1, 0.15) is 6.10 Å². The molecule has 0 aliphatic carbocycles. The minimum atomic E-state index is -0.383. The van der Waals surface area contributed by atoms with Crippen LogP contribution in [0.15, 0.2) is 16.6 Å². The molecule has 1 aliphatic rings. The molecular weight excluding hydrogens is 368 g/mol. The molecule has 0 fully saturated rings. The highest BCUT2D eigenvalue weighted by atomic mass is 79.9. The highest BCUT2D eigenvalue weighted by Gasteiger charge is 2.26. The lowest BCUT2D eigenvalue weighted by Crippen LogP contribution is -2.16. The molecular formula is C12H12Br2O4. The lowest BCUT2D eigenvalue weighted by molar-refractivity contribution is -0.146. The molecule has 0 saturated carbocycles. The Morgan fingerprint density at radius 3 is 2.56 bits per heavy atom. The summed E-state index contributed by atoms with van der Waals surface area (Å²) in [7, 11) is 0. The maximum atomic E-state index is 11.2. The second kappa shape index (κ2) is 5.48. The minimum Gasteiger partial charge on any atom is -0.456 e. The van der Waals surface area contributed by atoms with E-state index in [9.17, 15) is 4.79 Å². The van der Waals surface area contributed by atoms with E-state index in [4.69, 9.17) is 14.2 Å². The molecule has 0 spiro atoms. The zero-order valence-corrected chi connectivity index (χ0v) is 13.1. The number of hydrogen-bond acceptors (Lipinski definition) is 4. The van der Waals surface area contributed by atoms with Crippen LogP contribution < -0.4 is 9.47 Å². The van der Waals surface area contributed by atoms with Crippen molar-refractivity contribution in [1.29, 1.82) is 0 Å². The van der Waals surface area contributed by atoms with Gasteiger partial charge in [0.15, 0.2) is 11.5 Å². The van der Waals surface area contributed by atoms with E-state index in [1.807, 2.05) is 19.1 Å². The molecule has 98 valence electrons. The number of esters is 1. The van der Waals surface area contributed by atoms with Gasteiger partial charge in [-0.2, -0.15) is 0 Å². The number of hydrogen-bond donors (Lipinski definition) is 0. The molecule has 4 nitrogen and oxygen atoms in total. The summed E-state index contributed by atoms with van der Waals surface area (Å²) in [6.07, 6.45) is -0.383. The Bertz CT molecular complexity index is 473. The summed E-state index contributed by atoms with van der Waals surface area (Å²) in [5.74, 6) is 1.03. The lowest BCUT2D eigenvalue weighted by Gasteiger charge is -2.21. The van der Waals surface area contributed by atoms with Gasteiger partial charge < -0.3 is 14.2 Å². The van der Waals surface area contributed by atoms with Crippen LogP contribution >= 0.6 is 31.9 Å². The number of ether oxygens (including phenoxy) is 3. The number of fused-ring (bicyclic) bond motifs is 1. The zero-order valence-electron chi connectivity index (χ0n) is 9.91. The summed E-state index contributed by atoms with van der Waals surface area (Å²) in [5.41, 5.74) is 0.846. The fourth-order valence-corrected chi connectivity index (χ4v) is 2.68.